The van der Waals surface area contributed by atoms with Crippen molar-refractivity contribution in [2.45, 2.75) is 19.4 Å². The number of methoxy groups -OCH3 is 1. The van der Waals surface area contributed by atoms with Crippen LogP contribution in [-0.2, 0) is 16.1 Å². The first-order valence-electron chi connectivity index (χ1n) is 6.30. The van der Waals surface area contributed by atoms with Crippen LogP contribution in [0, 0.1) is 5.92 Å². The standard InChI is InChI=1S/C14H19NO3/c1-17-13-6-2-4-11(8-13)10-18-14(16)12-5-3-7-15-9-12/h2,4,6,8,12,15H,3,5,7,9-10H2,1H3/t12-/m0/s1. The molecule has 1 aromatic rings. The first-order chi connectivity index (χ1) is 8.79. The number of piperidine rings is 1. The van der Waals surface area contributed by atoms with Crippen LogP contribution in [0.15, 0.2) is 24.3 Å². The van der Waals surface area contributed by atoms with Crippen molar-refractivity contribution < 1.29 is 14.3 Å². The molecule has 1 aliphatic heterocycles. The lowest BCUT2D eigenvalue weighted by Crippen LogP contribution is -2.35. The zero-order valence-electron chi connectivity index (χ0n) is 10.6. The third-order valence-corrected chi connectivity index (χ3v) is 3.15. The number of carbonyl (C=O) groups is 1. The molecule has 0 bridgehead atoms. The summed E-state index contributed by atoms with van der Waals surface area (Å²) < 4.78 is 10.5. The Morgan fingerprint density at radius 1 is 1.50 bits per heavy atom. The maximum absolute atomic E-state index is 11.8. The van der Waals surface area contributed by atoms with E-state index in [9.17, 15) is 4.79 Å². The molecule has 18 heavy (non-hydrogen) atoms. The number of carbonyl (C=O) groups excluding carboxylic acids is 1. The van der Waals surface area contributed by atoms with Gasteiger partial charge in [0, 0.05) is 6.54 Å². The summed E-state index contributed by atoms with van der Waals surface area (Å²) in [6, 6.07) is 7.57. The lowest BCUT2D eigenvalue weighted by atomic mass is 10.0. The van der Waals surface area contributed by atoms with Gasteiger partial charge in [-0.3, -0.25) is 4.79 Å². The van der Waals surface area contributed by atoms with Crippen molar-refractivity contribution in [2.75, 3.05) is 20.2 Å². The van der Waals surface area contributed by atoms with Gasteiger partial charge >= 0.3 is 5.97 Å². The number of ether oxygens (including phenoxy) is 2. The highest BCUT2D eigenvalue weighted by atomic mass is 16.5. The SMILES string of the molecule is COc1cccc(COC(=O)[C@H]2CCCNC2)c1. The zero-order chi connectivity index (χ0) is 12.8. The minimum Gasteiger partial charge on any atom is -0.497 e. The van der Waals surface area contributed by atoms with Crippen LogP contribution in [0.5, 0.6) is 5.75 Å². The van der Waals surface area contributed by atoms with E-state index in [-0.39, 0.29) is 11.9 Å². The molecule has 1 saturated heterocycles. The molecule has 1 atom stereocenters. The van der Waals surface area contributed by atoms with Crippen LogP contribution in [0.1, 0.15) is 18.4 Å². The van der Waals surface area contributed by atoms with Gasteiger partial charge in [0.25, 0.3) is 0 Å². The molecular formula is C14H19NO3. The Labute approximate surface area is 107 Å². The van der Waals surface area contributed by atoms with Crippen LogP contribution >= 0.6 is 0 Å². The second-order valence-corrected chi connectivity index (χ2v) is 4.50. The zero-order valence-corrected chi connectivity index (χ0v) is 10.6. The molecule has 0 aromatic heterocycles. The fourth-order valence-electron chi connectivity index (χ4n) is 2.09. The topological polar surface area (TPSA) is 47.6 Å². The van der Waals surface area contributed by atoms with E-state index >= 15 is 0 Å². The molecule has 1 aliphatic rings. The van der Waals surface area contributed by atoms with Crippen molar-refractivity contribution in [1.29, 1.82) is 0 Å². The molecule has 0 spiro atoms. The van der Waals surface area contributed by atoms with Gasteiger partial charge in [-0.25, -0.2) is 0 Å². The van der Waals surface area contributed by atoms with Crippen LogP contribution in [-0.4, -0.2) is 26.2 Å². The molecule has 4 nitrogen and oxygen atoms in total. The first kappa shape index (κ1) is 12.9. The summed E-state index contributed by atoms with van der Waals surface area (Å²) in [5, 5.41) is 3.21. The predicted molar refractivity (Wildman–Crippen MR) is 68.4 cm³/mol. The molecule has 0 radical (unpaired) electrons. The number of esters is 1. The minimum atomic E-state index is -0.106. The van der Waals surface area contributed by atoms with Crippen molar-refractivity contribution in [3.63, 3.8) is 0 Å². The third kappa shape index (κ3) is 3.47. The third-order valence-electron chi connectivity index (χ3n) is 3.15. The van der Waals surface area contributed by atoms with Gasteiger partial charge < -0.3 is 14.8 Å². The molecule has 1 fully saturated rings. The summed E-state index contributed by atoms with van der Waals surface area (Å²) in [6.45, 7) is 2.04. The Hall–Kier alpha value is -1.55. The molecule has 98 valence electrons. The van der Waals surface area contributed by atoms with E-state index in [2.05, 4.69) is 5.32 Å². The molecule has 1 aromatic carbocycles. The van der Waals surface area contributed by atoms with Crippen molar-refractivity contribution in [2.24, 2.45) is 5.92 Å². The summed E-state index contributed by atoms with van der Waals surface area (Å²) in [6.07, 6.45) is 1.96. The van der Waals surface area contributed by atoms with E-state index in [4.69, 9.17) is 9.47 Å². The minimum absolute atomic E-state index is 0.00403. The molecule has 0 amide bonds. The molecule has 4 heteroatoms. The molecule has 0 unspecified atom stereocenters. The van der Waals surface area contributed by atoms with Gasteiger partial charge in [0.15, 0.2) is 0 Å². The van der Waals surface area contributed by atoms with E-state index in [0.717, 1.165) is 37.2 Å². The average Bonchev–Trinajstić information content (AvgIpc) is 2.46. The highest BCUT2D eigenvalue weighted by Gasteiger charge is 2.22. The van der Waals surface area contributed by atoms with E-state index in [1.165, 1.54) is 0 Å². The summed E-state index contributed by atoms with van der Waals surface area (Å²) in [4.78, 5) is 11.8. The Bertz CT molecular complexity index is 400. The van der Waals surface area contributed by atoms with Crippen molar-refractivity contribution in [3.05, 3.63) is 29.8 Å². The number of rotatable bonds is 4. The number of hydrogen-bond donors (Lipinski definition) is 1. The molecular weight excluding hydrogens is 230 g/mol. The van der Waals surface area contributed by atoms with Crippen molar-refractivity contribution in [3.8, 4) is 5.75 Å². The lowest BCUT2D eigenvalue weighted by molar-refractivity contribution is -0.150. The monoisotopic (exact) mass is 249 g/mol. The van der Waals surface area contributed by atoms with Crippen molar-refractivity contribution in [1.82, 2.24) is 5.32 Å². The smallest absolute Gasteiger partial charge is 0.310 e. The number of nitrogens with one attached hydrogen (secondary N) is 1. The quantitative estimate of drug-likeness (QED) is 0.826. The number of benzene rings is 1. The van der Waals surface area contributed by atoms with E-state index in [1.54, 1.807) is 7.11 Å². The van der Waals surface area contributed by atoms with Crippen LogP contribution in [0.25, 0.3) is 0 Å². The first-order valence-corrected chi connectivity index (χ1v) is 6.30. The van der Waals surface area contributed by atoms with Gasteiger partial charge in [0.2, 0.25) is 0 Å². The van der Waals surface area contributed by atoms with E-state index in [1.807, 2.05) is 24.3 Å². The fourth-order valence-corrected chi connectivity index (χ4v) is 2.09. The van der Waals surface area contributed by atoms with Crippen LogP contribution < -0.4 is 10.1 Å². The van der Waals surface area contributed by atoms with Gasteiger partial charge in [0.1, 0.15) is 12.4 Å². The molecule has 0 saturated carbocycles. The Balaban J connectivity index is 1.84. The second-order valence-electron chi connectivity index (χ2n) is 4.50. The van der Waals surface area contributed by atoms with Gasteiger partial charge in [-0.1, -0.05) is 12.1 Å². The van der Waals surface area contributed by atoms with Crippen molar-refractivity contribution >= 4 is 5.97 Å². The highest BCUT2D eigenvalue weighted by Crippen LogP contribution is 2.16. The molecule has 1 N–H and O–H groups in total. The van der Waals surface area contributed by atoms with E-state index < -0.39 is 0 Å². The maximum Gasteiger partial charge on any atom is 0.310 e. The Morgan fingerprint density at radius 3 is 3.11 bits per heavy atom. The van der Waals surface area contributed by atoms with Gasteiger partial charge in [-0.05, 0) is 37.1 Å². The summed E-state index contributed by atoms with van der Waals surface area (Å²) in [7, 11) is 1.62. The van der Waals surface area contributed by atoms with Crippen LogP contribution in [0.3, 0.4) is 0 Å². The summed E-state index contributed by atoms with van der Waals surface area (Å²) >= 11 is 0. The predicted octanol–water partition coefficient (Wildman–Crippen LogP) is 1.74. The van der Waals surface area contributed by atoms with E-state index in [0.29, 0.717) is 6.61 Å². The summed E-state index contributed by atoms with van der Waals surface area (Å²) in [5.74, 6) is 0.678. The Kier molecular flexibility index (Phi) is 4.59. The second kappa shape index (κ2) is 6.40. The fraction of sp³-hybridized carbons (Fsp3) is 0.500. The lowest BCUT2D eigenvalue weighted by Gasteiger charge is -2.21. The normalized spacial score (nSPS) is 19.3. The van der Waals surface area contributed by atoms with Gasteiger partial charge in [0.05, 0.1) is 13.0 Å². The Morgan fingerprint density at radius 2 is 2.39 bits per heavy atom. The largest absolute Gasteiger partial charge is 0.497 e. The molecule has 0 aliphatic carbocycles. The average molecular weight is 249 g/mol. The van der Waals surface area contributed by atoms with Gasteiger partial charge in [-0.2, -0.15) is 0 Å². The van der Waals surface area contributed by atoms with Gasteiger partial charge in [-0.15, -0.1) is 0 Å². The highest BCUT2D eigenvalue weighted by molar-refractivity contribution is 5.72. The van der Waals surface area contributed by atoms with Crippen LogP contribution in [0.2, 0.25) is 0 Å². The molecule has 2 rings (SSSR count). The molecule has 1 heterocycles. The number of hydrogen-bond acceptors (Lipinski definition) is 4. The summed E-state index contributed by atoms with van der Waals surface area (Å²) in [5.41, 5.74) is 0.950. The van der Waals surface area contributed by atoms with Crippen LogP contribution in [0.4, 0.5) is 0 Å². The maximum atomic E-state index is 11.8.